The van der Waals surface area contributed by atoms with E-state index in [0.29, 0.717) is 17.9 Å². The molecule has 0 saturated carbocycles. The van der Waals surface area contributed by atoms with Crippen molar-refractivity contribution < 1.29 is 18.4 Å². The van der Waals surface area contributed by atoms with Gasteiger partial charge >= 0.3 is 0 Å². The molecule has 2 aromatic heterocycles. The molecule has 0 aliphatic heterocycles. The van der Waals surface area contributed by atoms with Crippen LogP contribution in [0.3, 0.4) is 0 Å². The van der Waals surface area contributed by atoms with Crippen molar-refractivity contribution in [2.45, 2.75) is 12.8 Å². The fraction of sp³-hybridized carbons (Fsp3) is 0.111. The van der Waals surface area contributed by atoms with Gasteiger partial charge in [0.1, 0.15) is 23.0 Å². The van der Waals surface area contributed by atoms with Crippen molar-refractivity contribution in [3.63, 3.8) is 0 Å². The number of hydrogen-bond acceptors (Lipinski definition) is 5. The Labute approximate surface area is 137 Å². The summed E-state index contributed by atoms with van der Waals surface area (Å²) in [5.41, 5.74) is 0.903. The third kappa shape index (κ3) is 3.78. The molecule has 0 amide bonds. The van der Waals surface area contributed by atoms with E-state index in [1.807, 2.05) is 0 Å². The molecule has 2 heterocycles. The summed E-state index contributed by atoms with van der Waals surface area (Å²) in [4.78, 5) is 31.5. The van der Waals surface area contributed by atoms with Crippen LogP contribution in [0.15, 0.2) is 59.4 Å². The van der Waals surface area contributed by atoms with Gasteiger partial charge in [-0.3, -0.25) is 14.6 Å². The lowest BCUT2D eigenvalue weighted by Gasteiger charge is -1.99. The summed E-state index contributed by atoms with van der Waals surface area (Å²) >= 11 is 0. The lowest BCUT2D eigenvalue weighted by atomic mass is 10.1. The smallest absolute Gasteiger partial charge is 0.248 e. The molecule has 3 rings (SSSR count). The molecule has 0 aliphatic carbocycles. The average Bonchev–Trinajstić information content (AvgIpc) is 3.04. The van der Waals surface area contributed by atoms with Gasteiger partial charge in [-0.05, 0) is 29.8 Å². The van der Waals surface area contributed by atoms with Crippen LogP contribution in [0.4, 0.5) is 4.39 Å². The van der Waals surface area contributed by atoms with Crippen molar-refractivity contribution in [1.29, 1.82) is 0 Å². The summed E-state index contributed by atoms with van der Waals surface area (Å²) in [7, 11) is 0. The van der Waals surface area contributed by atoms with Crippen LogP contribution in [0.25, 0.3) is 0 Å². The highest BCUT2D eigenvalue weighted by Crippen LogP contribution is 2.15. The summed E-state index contributed by atoms with van der Waals surface area (Å²) < 4.78 is 18.5. The van der Waals surface area contributed by atoms with E-state index in [-0.39, 0.29) is 17.9 Å². The van der Waals surface area contributed by atoms with Crippen molar-refractivity contribution in [2.75, 3.05) is 0 Å². The van der Waals surface area contributed by atoms with E-state index in [0.717, 1.165) is 5.56 Å². The third-order valence-corrected chi connectivity index (χ3v) is 3.39. The van der Waals surface area contributed by atoms with Crippen LogP contribution >= 0.6 is 0 Å². The SMILES string of the molecule is O=C(Cc1ccc(Cc2ccc(F)cc2)o1)C(=O)c1cnccn1. The molecule has 5 nitrogen and oxygen atoms in total. The van der Waals surface area contributed by atoms with Crippen molar-refractivity contribution in [3.8, 4) is 0 Å². The fourth-order valence-electron chi connectivity index (χ4n) is 2.21. The van der Waals surface area contributed by atoms with Crippen LogP contribution in [-0.2, 0) is 17.6 Å². The maximum Gasteiger partial charge on any atom is 0.248 e. The zero-order valence-electron chi connectivity index (χ0n) is 12.6. The van der Waals surface area contributed by atoms with Gasteiger partial charge in [0.05, 0.1) is 12.6 Å². The van der Waals surface area contributed by atoms with Crippen molar-refractivity contribution in [2.24, 2.45) is 0 Å². The van der Waals surface area contributed by atoms with Gasteiger partial charge in [0, 0.05) is 18.8 Å². The lowest BCUT2D eigenvalue weighted by molar-refractivity contribution is -0.114. The molecular weight excluding hydrogens is 311 g/mol. The molecule has 3 aromatic rings. The molecule has 24 heavy (non-hydrogen) atoms. The van der Waals surface area contributed by atoms with Crippen LogP contribution in [-0.4, -0.2) is 21.5 Å². The molecular formula is C18H13FN2O3. The molecule has 0 radical (unpaired) electrons. The molecule has 0 unspecified atom stereocenters. The quantitative estimate of drug-likeness (QED) is 0.515. The zero-order valence-corrected chi connectivity index (χ0v) is 12.6. The summed E-state index contributed by atoms with van der Waals surface area (Å²) in [6.45, 7) is 0. The van der Waals surface area contributed by atoms with E-state index in [9.17, 15) is 14.0 Å². The monoisotopic (exact) mass is 324 g/mol. The second kappa shape index (κ2) is 6.95. The van der Waals surface area contributed by atoms with Crippen molar-refractivity contribution in [3.05, 3.63) is 83.6 Å². The molecule has 0 bridgehead atoms. The number of benzene rings is 1. The van der Waals surface area contributed by atoms with Crippen LogP contribution in [0, 0.1) is 5.82 Å². The largest absolute Gasteiger partial charge is 0.465 e. The predicted molar refractivity (Wildman–Crippen MR) is 83.0 cm³/mol. The maximum absolute atomic E-state index is 12.9. The first-order valence-corrected chi connectivity index (χ1v) is 7.27. The van der Waals surface area contributed by atoms with Gasteiger partial charge < -0.3 is 4.42 Å². The molecule has 6 heteroatoms. The highest BCUT2D eigenvalue weighted by Gasteiger charge is 2.19. The first-order valence-electron chi connectivity index (χ1n) is 7.27. The van der Waals surface area contributed by atoms with E-state index in [2.05, 4.69) is 9.97 Å². The second-order valence-electron chi connectivity index (χ2n) is 5.19. The molecule has 1 aromatic carbocycles. The Morgan fingerprint density at radius 3 is 2.46 bits per heavy atom. The fourth-order valence-corrected chi connectivity index (χ4v) is 2.21. The van der Waals surface area contributed by atoms with Crippen LogP contribution < -0.4 is 0 Å². The second-order valence-corrected chi connectivity index (χ2v) is 5.19. The molecule has 0 fully saturated rings. The topological polar surface area (TPSA) is 73.1 Å². The molecule has 0 spiro atoms. The summed E-state index contributed by atoms with van der Waals surface area (Å²) in [5, 5.41) is 0. The Balaban J connectivity index is 1.64. The normalized spacial score (nSPS) is 10.5. The number of nitrogens with zero attached hydrogens (tertiary/aromatic N) is 2. The Hall–Kier alpha value is -3.15. The summed E-state index contributed by atoms with van der Waals surface area (Å²) in [6.07, 6.45) is 4.37. The summed E-state index contributed by atoms with van der Waals surface area (Å²) in [6, 6.07) is 9.48. The van der Waals surface area contributed by atoms with Crippen LogP contribution in [0.2, 0.25) is 0 Å². The molecule has 0 N–H and O–H groups in total. The average molecular weight is 324 g/mol. The molecule has 120 valence electrons. The number of carbonyl (C=O) groups excluding carboxylic acids is 2. The van der Waals surface area contributed by atoms with Crippen LogP contribution in [0.1, 0.15) is 27.6 Å². The van der Waals surface area contributed by atoms with E-state index in [4.69, 9.17) is 4.42 Å². The molecule has 0 saturated heterocycles. The van der Waals surface area contributed by atoms with E-state index in [1.54, 1.807) is 24.3 Å². The van der Waals surface area contributed by atoms with Gasteiger partial charge in [-0.2, -0.15) is 0 Å². The minimum atomic E-state index is -0.695. The number of Topliss-reactive ketones (excluding diaryl/α,β-unsaturated/α-hetero) is 2. The number of rotatable bonds is 6. The van der Waals surface area contributed by atoms with Gasteiger partial charge in [0.25, 0.3) is 0 Å². The number of furan rings is 1. The van der Waals surface area contributed by atoms with E-state index >= 15 is 0 Å². The Kier molecular flexibility index (Phi) is 4.56. The number of halogens is 1. The zero-order chi connectivity index (χ0) is 16.9. The van der Waals surface area contributed by atoms with E-state index < -0.39 is 11.6 Å². The number of ketones is 2. The lowest BCUT2D eigenvalue weighted by Crippen LogP contribution is -2.17. The predicted octanol–water partition coefficient (Wildman–Crippen LogP) is 2.79. The minimum absolute atomic E-state index is 0.0144. The Morgan fingerprint density at radius 1 is 1.00 bits per heavy atom. The Morgan fingerprint density at radius 2 is 1.75 bits per heavy atom. The van der Waals surface area contributed by atoms with Gasteiger partial charge in [0.15, 0.2) is 0 Å². The van der Waals surface area contributed by atoms with Gasteiger partial charge in [-0.25, -0.2) is 9.37 Å². The van der Waals surface area contributed by atoms with Crippen LogP contribution in [0.5, 0.6) is 0 Å². The Bertz CT molecular complexity index is 857. The van der Waals surface area contributed by atoms with Crippen molar-refractivity contribution in [1.82, 2.24) is 9.97 Å². The summed E-state index contributed by atoms with van der Waals surface area (Å²) in [5.74, 6) is -0.574. The highest BCUT2D eigenvalue weighted by atomic mass is 19.1. The number of aromatic nitrogens is 2. The first kappa shape index (κ1) is 15.7. The highest BCUT2D eigenvalue weighted by molar-refractivity contribution is 6.43. The van der Waals surface area contributed by atoms with Crippen molar-refractivity contribution >= 4 is 11.6 Å². The molecule has 0 aliphatic rings. The van der Waals surface area contributed by atoms with Gasteiger partial charge in [-0.1, -0.05) is 12.1 Å². The standard InChI is InChI=1S/C18H13FN2O3/c19-13-3-1-12(2-4-13)9-14-5-6-15(24-14)10-17(22)18(23)16-11-20-7-8-21-16/h1-8,11H,9-10H2. The molecule has 0 atom stereocenters. The maximum atomic E-state index is 12.9. The first-order chi connectivity index (χ1) is 11.6. The minimum Gasteiger partial charge on any atom is -0.465 e. The van der Waals surface area contributed by atoms with Gasteiger partial charge in [-0.15, -0.1) is 0 Å². The number of hydrogen-bond donors (Lipinski definition) is 0. The number of carbonyl (C=O) groups is 2. The third-order valence-electron chi connectivity index (χ3n) is 3.39. The van der Waals surface area contributed by atoms with Gasteiger partial charge in [0.2, 0.25) is 11.6 Å². The van der Waals surface area contributed by atoms with E-state index in [1.165, 1.54) is 30.7 Å².